The first kappa shape index (κ1) is 6.47. The molecule has 1 fully saturated rings. The second kappa shape index (κ2) is 3.39. The van der Waals surface area contributed by atoms with Crippen molar-refractivity contribution in [2.75, 3.05) is 5.75 Å². The summed E-state index contributed by atoms with van der Waals surface area (Å²) in [5, 5.41) is 0. The molecule has 0 amide bonds. The monoisotopic (exact) mass is 129 g/mol. The molecule has 8 heavy (non-hydrogen) atoms. The second-order valence-corrected chi connectivity index (χ2v) is 3.05. The average molecular weight is 129 g/mol. The summed E-state index contributed by atoms with van der Waals surface area (Å²) >= 11 is 4.89. The van der Waals surface area contributed by atoms with Crippen molar-refractivity contribution in [2.45, 2.75) is 32.1 Å². The molecule has 0 N–H and O–H groups in total. The minimum atomic E-state index is 0.977. The molecule has 0 aromatic rings. The normalized spacial score (nSPS) is 22.1. The zero-order valence-corrected chi connectivity index (χ0v) is 6.04. The molecule has 1 heteroatoms. The van der Waals surface area contributed by atoms with E-state index in [0.29, 0.717) is 0 Å². The van der Waals surface area contributed by atoms with Crippen LogP contribution in [0.2, 0.25) is 0 Å². The first-order valence-electron chi connectivity index (χ1n) is 3.51. The minimum Gasteiger partial charge on any atom is -0.0941 e. The molecule has 0 spiro atoms. The van der Waals surface area contributed by atoms with Gasteiger partial charge in [0.15, 0.2) is 0 Å². The van der Waals surface area contributed by atoms with Crippen LogP contribution in [0.25, 0.3) is 0 Å². The molecule has 1 aliphatic rings. The van der Waals surface area contributed by atoms with Crippen molar-refractivity contribution in [3.63, 3.8) is 0 Å². The highest BCUT2D eigenvalue weighted by atomic mass is 32.1. The highest BCUT2D eigenvalue weighted by Gasteiger charge is 2.12. The summed E-state index contributed by atoms with van der Waals surface area (Å²) in [6, 6.07) is 0. The SMILES string of the molecule is [S]CCC1CCCC1. The lowest BCUT2D eigenvalue weighted by atomic mass is 10.1. The summed E-state index contributed by atoms with van der Waals surface area (Å²) < 4.78 is 0. The molecule has 0 heterocycles. The topological polar surface area (TPSA) is 0 Å². The summed E-state index contributed by atoms with van der Waals surface area (Å²) in [7, 11) is 0. The van der Waals surface area contributed by atoms with Crippen LogP contribution < -0.4 is 0 Å². The van der Waals surface area contributed by atoms with E-state index in [4.69, 9.17) is 12.6 Å². The maximum Gasteiger partial charge on any atom is 0.00395 e. The fourth-order valence-corrected chi connectivity index (χ4v) is 1.80. The van der Waals surface area contributed by atoms with Gasteiger partial charge >= 0.3 is 0 Å². The van der Waals surface area contributed by atoms with Crippen LogP contribution in [-0.2, 0) is 0 Å². The Bertz CT molecular complexity index is 55.4. The van der Waals surface area contributed by atoms with Crippen LogP contribution in [0.3, 0.4) is 0 Å². The van der Waals surface area contributed by atoms with Crippen molar-refractivity contribution < 1.29 is 0 Å². The highest BCUT2D eigenvalue weighted by Crippen LogP contribution is 2.27. The lowest BCUT2D eigenvalue weighted by Crippen LogP contribution is -1.92. The molecule has 0 nitrogen and oxygen atoms in total. The van der Waals surface area contributed by atoms with Gasteiger partial charge in [-0.2, -0.15) is 0 Å². The molecule has 0 aromatic heterocycles. The van der Waals surface area contributed by atoms with Crippen LogP contribution in [0.1, 0.15) is 32.1 Å². The second-order valence-electron chi connectivity index (χ2n) is 2.64. The van der Waals surface area contributed by atoms with Gasteiger partial charge in [0, 0.05) is 5.75 Å². The molecule has 0 aromatic carbocycles. The lowest BCUT2D eigenvalue weighted by Gasteiger charge is -2.02. The molecule has 47 valence electrons. The number of hydrogen-bond donors (Lipinski definition) is 0. The third kappa shape index (κ3) is 1.70. The Labute approximate surface area is 57.1 Å². The van der Waals surface area contributed by atoms with Gasteiger partial charge in [-0.25, -0.2) is 0 Å². The van der Waals surface area contributed by atoms with Gasteiger partial charge in [-0.15, -0.1) is 0 Å². The van der Waals surface area contributed by atoms with Crippen molar-refractivity contribution in [1.82, 2.24) is 0 Å². The van der Waals surface area contributed by atoms with E-state index in [2.05, 4.69) is 0 Å². The molecular weight excluding hydrogens is 116 g/mol. The van der Waals surface area contributed by atoms with Gasteiger partial charge in [0.2, 0.25) is 0 Å². The smallest absolute Gasteiger partial charge is 0.00395 e. The van der Waals surface area contributed by atoms with Crippen molar-refractivity contribution in [1.29, 1.82) is 0 Å². The van der Waals surface area contributed by atoms with Gasteiger partial charge < -0.3 is 0 Å². The Hall–Kier alpha value is 0.350. The van der Waals surface area contributed by atoms with Gasteiger partial charge in [0.05, 0.1) is 0 Å². The number of rotatable bonds is 2. The zero-order valence-electron chi connectivity index (χ0n) is 5.23. The maximum absolute atomic E-state index is 4.89. The zero-order chi connectivity index (χ0) is 5.82. The Morgan fingerprint density at radius 3 is 2.38 bits per heavy atom. The largest absolute Gasteiger partial charge is 0.0941 e. The van der Waals surface area contributed by atoms with Gasteiger partial charge in [0.25, 0.3) is 0 Å². The standard InChI is InChI=1S/C7H13S/c8-6-5-7-3-1-2-4-7/h7H,1-6H2. The molecule has 1 rings (SSSR count). The van der Waals surface area contributed by atoms with E-state index in [-0.39, 0.29) is 0 Å². The van der Waals surface area contributed by atoms with Crippen LogP contribution >= 0.6 is 12.6 Å². The van der Waals surface area contributed by atoms with Gasteiger partial charge in [-0.3, -0.25) is 0 Å². The number of hydrogen-bond acceptors (Lipinski definition) is 0. The first-order chi connectivity index (χ1) is 3.93. The molecule has 1 aliphatic carbocycles. The fourth-order valence-electron chi connectivity index (χ4n) is 1.47. The van der Waals surface area contributed by atoms with E-state index in [9.17, 15) is 0 Å². The molecule has 0 aliphatic heterocycles. The summed E-state index contributed by atoms with van der Waals surface area (Å²) in [4.78, 5) is 0. The molecule has 0 atom stereocenters. The van der Waals surface area contributed by atoms with E-state index in [0.717, 1.165) is 11.7 Å². The van der Waals surface area contributed by atoms with Crippen molar-refractivity contribution in [3.8, 4) is 0 Å². The van der Waals surface area contributed by atoms with E-state index in [1.54, 1.807) is 0 Å². The molecule has 1 radical (unpaired) electrons. The predicted molar refractivity (Wildman–Crippen MR) is 39.0 cm³/mol. The van der Waals surface area contributed by atoms with Crippen LogP contribution in [0, 0.1) is 5.92 Å². The van der Waals surface area contributed by atoms with E-state index in [1.807, 2.05) is 0 Å². The Balaban J connectivity index is 2.06. The molecule has 0 saturated heterocycles. The average Bonchev–Trinajstić information content (AvgIpc) is 2.19. The first-order valence-corrected chi connectivity index (χ1v) is 4.09. The Morgan fingerprint density at radius 2 is 1.88 bits per heavy atom. The van der Waals surface area contributed by atoms with Gasteiger partial charge in [-0.1, -0.05) is 38.3 Å². The summed E-state index contributed by atoms with van der Waals surface area (Å²) in [6.45, 7) is 0. The predicted octanol–water partition coefficient (Wildman–Crippen LogP) is 2.76. The molecular formula is C7H13S. The van der Waals surface area contributed by atoms with E-state index in [1.165, 1.54) is 32.1 Å². The third-order valence-corrected chi connectivity index (χ3v) is 2.24. The Morgan fingerprint density at radius 1 is 1.25 bits per heavy atom. The maximum atomic E-state index is 4.89. The summed E-state index contributed by atoms with van der Waals surface area (Å²) in [6.07, 6.45) is 7.13. The van der Waals surface area contributed by atoms with Crippen molar-refractivity contribution in [2.24, 2.45) is 5.92 Å². The van der Waals surface area contributed by atoms with Gasteiger partial charge in [0.1, 0.15) is 0 Å². The van der Waals surface area contributed by atoms with Crippen LogP contribution in [0.15, 0.2) is 0 Å². The minimum absolute atomic E-state index is 0.977. The Kier molecular flexibility index (Phi) is 2.74. The quantitative estimate of drug-likeness (QED) is 0.538. The lowest BCUT2D eigenvalue weighted by molar-refractivity contribution is 0.536. The summed E-state index contributed by atoms with van der Waals surface area (Å²) in [5.74, 6) is 1.98. The highest BCUT2D eigenvalue weighted by molar-refractivity contribution is 7.80. The molecule has 0 bridgehead atoms. The van der Waals surface area contributed by atoms with Crippen LogP contribution in [0.5, 0.6) is 0 Å². The van der Waals surface area contributed by atoms with Crippen molar-refractivity contribution >= 4 is 12.6 Å². The van der Waals surface area contributed by atoms with Crippen molar-refractivity contribution in [3.05, 3.63) is 0 Å². The fraction of sp³-hybridized carbons (Fsp3) is 1.00. The van der Waals surface area contributed by atoms with Crippen LogP contribution in [0.4, 0.5) is 0 Å². The third-order valence-electron chi connectivity index (χ3n) is 2.00. The molecule has 0 unspecified atom stereocenters. The van der Waals surface area contributed by atoms with Gasteiger partial charge in [-0.05, 0) is 12.3 Å². The summed E-state index contributed by atoms with van der Waals surface area (Å²) in [5.41, 5.74) is 0. The van der Waals surface area contributed by atoms with Crippen LogP contribution in [-0.4, -0.2) is 5.75 Å². The van der Waals surface area contributed by atoms with E-state index >= 15 is 0 Å². The van der Waals surface area contributed by atoms with E-state index < -0.39 is 0 Å². The molecule has 1 saturated carbocycles.